The molecule has 1 aromatic carbocycles. The molecule has 0 bridgehead atoms. The molecule has 2 amide bonds. The topological polar surface area (TPSA) is 76.1 Å². The standard InChI is InChI=1S/C13H16N4O2S/c1-9(7-10-5-3-4-6-11(10)19-2)15-12(18)16-13-17-14-8-20-13/h3-6,8-9H,7H2,1-2H3,(H2,15,16,17,18)/t9-/m1/s1. The van der Waals surface area contributed by atoms with Gasteiger partial charge in [-0.3, -0.25) is 5.32 Å². The van der Waals surface area contributed by atoms with Crippen LogP contribution in [-0.2, 0) is 6.42 Å². The number of anilines is 1. The number of methoxy groups -OCH3 is 1. The van der Waals surface area contributed by atoms with Crippen LogP contribution in [0.5, 0.6) is 5.75 Å². The van der Waals surface area contributed by atoms with E-state index in [1.165, 1.54) is 11.3 Å². The number of rotatable bonds is 5. The highest BCUT2D eigenvalue weighted by Crippen LogP contribution is 2.18. The number of aromatic nitrogens is 2. The Labute approximate surface area is 121 Å². The van der Waals surface area contributed by atoms with Gasteiger partial charge in [0.15, 0.2) is 0 Å². The molecule has 20 heavy (non-hydrogen) atoms. The van der Waals surface area contributed by atoms with Gasteiger partial charge in [0.25, 0.3) is 0 Å². The molecule has 0 aliphatic heterocycles. The molecule has 1 atom stereocenters. The summed E-state index contributed by atoms with van der Waals surface area (Å²) in [5.74, 6) is 0.825. The first-order valence-electron chi connectivity index (χ1n) is 6.14. The summed E-state index contributed by atoms with van der Waals surface area (Å²) in [7, 11) is 1.64. The Kier molecular flexibility index (Phi) is 4.89. The number of urea groups is 1. The van der Waals surface area contributed by atoms with E-state index in [0.717, 1.165) is 11.3 Å². The van der Waals surface area contributed by atoms with Crippen LogP contribution in [0, 0.1) is 0 Å². The summed E-state index contributed by atoms with van der Waals surface area (Å²) >= 11 is 1.27. The van der Waals surface area contributed by atoms with E-state index >= 15 is 0 Å². The number of para-hydroxylation sites is 1. The van der Waals surface area contributed by atoms with Gasteiger partial charge in [-0.25, -0.2) is 4.79 Å². The Morgan fingerprint density at radius 1 is 1.45 bits per heavy atom. The maximum absolute atomic E-state index is 11.8. The minimum atomic E-state index is -0.288. The Morgan fingerprint density at radius 2 is 2.25 bits per heavy atom. The predicted molar refractivity (Wildman–Crippen MR) is 78.2 cm³/mol. The van der Waals surface area contributed by atoms with Crippen molar-refractivity contribution in [3.63, 3.8) is 0 Å². The van der Waals surface area contributed by atoms with Crippen LogP contribution >= 0.6 is 11.3 Å². The lowest BCUT2D eigenvalue weighted by Gasteiger charge is -2.15. The number of nitrogens with zero attached hydrogens (tertiary/aromatic N) is 2. The highest BCUT2D eigenvalue weighted by atomic mass is 32.1. The zero-order chi connectivity index (χ0) is 14.4. The molecular formula is C13H16N4O2S. The van der Waals surface area contributed by atoms with Gasteiger partial charge in [0.05, 0.1) is 7.11 Å². The highest BCUT2D eigenvalue weighted by molar-refractivity contribution is 7.13. The van der Waals surface area contributed by atoms with Crippen molar-refractivity contribution in [3.8, 4) is 5.75 Å². The Balaban J connectivity index is 1.88. The van der Waals surface area contributed by atoms with E-state index in [1.807, 2.05) is 31.2 Å². The van der Waals surface area contributed by atoms with Crippen molar-refractivity contribution in [1.29, 1.82) is 0 Å². The van der Waals surface area contributed by atoms with Crippen LogP contribution in [0.4, 0.5) is 9.93 Å². The quantitative estimate of drug-likeness (QED) is 0.886. The Morgan fingerprint density at radius 3 is 2.95 bits per heavy atom. The van der Waals surface area contributed by atoms with Crippen LogP contribution in [0.25, 0.3) is 0 Å². The Hall–Kier alpha value is -2.15. The van der Waals surface area contributed by atoms with E-state index in [4.69, 9.17) is 4.74 Å². The fourth-order valence-corrected chi connectivity index (χ4v) is 2.28. The molecule has 0 unspecified atom stereocenters. The molecule has 0 saturated carbocycles. The van der Waals surface area contributed by atoms with Gasteiger partial charge in [0.1, 0.15) is 11.3 Å². The second-order valence-corrected chi connectivity index (χ2v) is 5.09. The van der Waals surface area contributed by atoms with Gasteiger partial charge in [-0.1, -0.05) is 29.5 Å². The molecule has 2 rings (SSSR count). The number of benzene rings is 1. The number of carbonyl (C=O) groups is 1. The zero-order valence-electron chi connectivity index (χ0n) is 11.3. The summed E-state index contributed by atoms with van der Waals surface area (Å²) in [4.78, 5) is 11.8. The number of ether oxygens (including phenoxy) is 1. The molecule has 7 heteroatoms. The van der Waals surface area contributed by atoms with E-state index in [2.05, 4.69) is 20.8 Å². The number of hydrogen-bond donors (Lipinski definition) is 2. The van der Waals surface area contributed by atoms with Gasteiger partial charge in [-0.15, -0.1) is 10.2 Å². The summed E-state index contributed by atoms with van der Waals surface area (Å²) in [6, 6.07) is 7.45. The molecule has 6 nitrogen and oxygen atoms in total. The van der Waals surface area contributed by atoms with E-state index in [1.54, 1.807) is 12.6 Å². The lowest BCUT2D eigenvalue weighted by atomic mass is 10.1. The fraction of sp³-hybridized carbons (Fsp3) is 0.308. The summed E-state index contributed by atoms with van der Waals surface area (Å²) in [6.45, 7) is 1.94. The number of amides is 2. The summed E-state index contributed by atoms with van der Waals surface area (Å²) in [6.07, 6.45) is 0.688. The summed E-state index contributed by atoms with van der Waals surface area (Å²) in [5, 5.41) is 13.4. The van der Waals surface area contributed by atoms with Gasteiger partial charge in [0.2, 0.25) is 5.13 Å². The third-order valence-electron chi connectivity index (χ3n) is 2.68. The molecule has 106 valence electrons. The summed E-state index contributed by atoms with van der Waals surface area (Å²) < 4.78 is 5.29. The largest absolute Gasteiger partial charge is 0.496 e. The molecule has 1 aromatic heterocycles. The Bertz CT molecular complexity index is 559. The molecule has 2 aromatic rings. The molecular weight excluding hydrogens is 276 g/mol. The van der Waals surface area contributed by atoms with Gasteiger partial charge < -0.3 is 10.1 Å². The monoisotopic (exact) mass is 292 g/mol. The first-order chi connectivity index (χ1) is 9.69. The average molecular weight is 292 g/mol. The van der Waals surface area contributed by atoms with Crippen LogP contribution in [0.15, 0.2) is 29.8 Å². The second kappa shape index (κ2) is 6.85. The number of carbonyl (C=O) groups excluding carboxylic acids is 1. The van der Waals surface area contributed by atoms with Gasteiger partial charge >= 0.3 is 6.03 Å². The third-order valence-corrected chi connectivity index (χ3v) is 3.28. The van der Waals surface area contributed by atoms with Crippen LogP contribution < -0.4 is 15.4 Å². The SMILES string of the molecule is COc1ccccc1C[C@@H](C)NC(=O)Nc1nncs1. The highest BCUT2D eigenvalue weighted by Gasteiger charge is 2.11. The molecule has 0 aliphatic rings. The minimum Gasteiger partial charge on any atom is -0.496 e. The van der Waals surface area contributed by atoms with Gasteiger partial charge in [-0.2, -0.15) is 0 Å². The molecule has 1 heterocycles. The van der Waals surface area contributed by atoms with E-state index < -0.39 is 0 Å². The van der Waals surface area contributed by atoms with Crippen molar-refractivity contribution < 1.29 is 9.53 Å². The maximum Gasteiger partial charge on any atom is 0.321 e. The van der Waals surface area contributed by atoms with E-state index in [-0.39, 0.29) is 12.1 Å². The summed E-state index contributed by atoms with van der Waals surface area (Å²) in [5.41, 5.74) is 2.62. The van der Waals surface area contributed by atoms with Crippen molar-refractivity contribution in [2.24, 2.45) is 0 Å². The van der Waals surface area contributed by atoms with E-state index in [0.29, 0.717) is 11.6 Å². The number of nitrogens with one attached hydrogen (secondary N) is 2. The molecule has 0 radical (unpaired) electrons. The zero-order valence-corrected chi connectivity index (χ0v) is 12.1. The molecule has 0 aliphatic carbocycles. The van der Waals surface area contributed by atoms with Gasteiger partial charge in [0, 0.05) is 6.04 Å². The maximum atomic E-state index is 11.8. The third kappa shape index (κ3) is 3.92. The van der Waals surface area contributed by atoms with Crippen molar-refractivity contribution in [1.82, 2.24) is 15.5 Å². The first kappa shape index (κ1) is 14.3. The fourth-order valence-electron chi connectivity index (χ4n) is 1.84. The van der Waals surface area contributed by atoms with Gasteiger partial charge in [-0.05, 0) is 25.0 Å². The van der Waals surface area contributed by atoms with Crippen LogP contribution in [-0.4, -0.2) is 29.4 Å². The molecule has 0 spiro atoms. The normalized spacial score (nSPS) is 11.7. The minimum absolute atomic E-state index is 0.0285. The van der Waals surface area contributed by atoms with Crippen molar-refractivity contribution >= 4 is 22.5 Å². The van der Waals surface area contributed by atoms with Crippen molar-refractivity contribution in [2.45, 2.75) is 19.4 Å². The van der Waals surface area contributed by atoms with Crippen molar-refractivity contribution in [2.75, 3.05) is 12.4 Å². The van der Waals surface area contributed by atoms with Crippen LogP contribution in [0.3, 0.4) is 0 Å². The molecule has 0 fully saturated rings. The van der Waals surface area contributed by atoms with Crippen LogP contribution in [0.1, 0.15) is 12.5 Å². The first-order valence-corrected chi connectivity index (χ1v) is 7.02. The predicted octanol–water partition coefficient (Wildman–Crippen LogP) is 2.30. The van der Waals surface area contributed by atoms with E-state index in [9.17, 15) is 4.79 Å². The number of hydrogen-bond acceptors (Lipinski definition) is 5. The van der Waals surface area contributed by atoms with Crippen LogP contribution in [0.2, 0.25) is 0 Å². The average Bonchev–Trinajstić information content (AvgIpc) is 2.91. The van der Waals surface area contributed by atoms with Crippen molar-refractivity contribution in [3.05, 3.63) is 35.3 Å². The molecule has 0 saturated heterocycles. The smallest absolute Gasteiger partial charge is 0.321 e. The lowest BCUT2D eigenvalue weighted by Crippen LogP contribution is -2.37. The lowest BCUT2D eigenvalue weighted by molar-refractivity contribution is 0.249. The second-order valence-electron chi connectivity index (χ2n) is 4.26. The molecule has 2 N–H and O–H groups in total.